The molecule has 1 aromatic carbocycles. The summed E-state index contributed by atoms with van der Waals surface area (Å²) in [6.45, 7) is 4.62. The average molecular weight is 349 g/mol. The number of piperazine rings is 1. The second-order valence-corrected chi connectivity index (χ2v) is 6.09. The lowest BCUT2D eigenvalue weighted by atomic mass is 10.2. The molecule has 7 heteroatoms. The number of esters is 1. The highest BCUT2D eigenvalue weighted by Crippen LogP contribution is 2.05. The van der Waals surface area contributed by atoms with E-state index < -0.39 is 0 Å². The lowest BCUT2D eigenvalue weighted by molar-refractivity contribution is -0.169. The summed E-state index contributed by atoms with van der Waals surface area (Å²) in [5, 5.41) is 1.25. The fraction of sp³-hybridized carbons (Fsp3) is 0.556. The van der Waals surface area contributed by atoms with Crippen molar-refractivity contribution in [2.24, 2.45) is 0 Å². The minimum Gasteiger partial charge on any atom is -0.460 e. The maximum atomic E-state index is 11.9. The van der Waals surface area contributed by atoms with E-state index in [0.29, 0.717) is 26.1 Å². The molecule has 0 atom stereocenters. The molecule has 0 radical (unpaired) electrons. The summed E-state index contributed by atoms with van der Waals surface area (Å²) in [4.78, 5) is 32.9. The summed E-state index contributed by atoms with van der Waals surface area (Å²) in [5.41, 5.74) is 0.992. The molecule has 7 nitrogen and oxygen atoms in total. The fourth-order valence-electron chi connectivity index (χ4n) is 2.65. The van der Waals surface area contributed by atoms with Gasteiger partial charge in [0, 0.05) is 46.2 Å². The zero-order valence-corrected chi connectivity index (χ0v) is 15.0. The number of hydrogen-bond acceptors (Lipinski definition) is 6. The molecule has 1 fully saturated rings. The highest BCUT2D eigenvalue weighted by molar-refractivity contribution is 5.74. The van der Waals surface area contributed by atoms with Gasteiger partial charge in [0.25, 0.3) is 0 Å². The van der Waals surface area contributed by atoms with Crippen LogP contribution < -0.4 is 0 Å². The van der Waals surface area contributed by atoms with Gasteiger partial charge in [0.15, 0.2) is 0 Å². The van der Waals surface area contributed by atoms with Crippen LogP contribution in [0.15, 0.2) is 30.3 Å². The Morgan fingerprint density at radius 3 is 2.36 bits per heavy atom. The second kappa shape index (κ2) is 10.1. The normalized spacial score (nSPS) is 15.8. The quantitative estimate of drug-likeness (QED) is 0.510. The average Bonchev–Trinajstić information content (AvgIpc) is 2.65. The molecule has 0 aromatic heterocycles. The van der Waals surface area contributed by atoms with Crippen molar-refractivity contribution in [1.29, 1.82) is 0 Å². The summed E-state index contributed by atoms with van der Waals surface area (Å²) in [7, 11) is 3.09. The Bertz CT molecular complexity index is 545. The number of ether oxygens (including phenoxy) is 1. The van der Waals surface area contributed by atoms with Crippen LogP contribution in [-0.2, 0) is 25.8 Å². The predicted molar refractivity (Wildman–Crippen MR) is 93.5 cm³/mol. The highest BCUT2D eigenvalue weighted by atomic mass is 16.7. The number of hydroxylamine groups is 2. The van der Waals surface area contributed by atoms with E-state index in [9.17, 15) is 9.59 Å². The van der Waals surface area contributed by atoms with Crippen LogP contribution in [-0.4, -0.2) is 80.2 Å². The molecular weight excluding hydrogens is 322 g/mol. The molecule has 0 aliphatic carbocycles. The van der Waals surface area contributed by atoms with Gasteiger partial charge < -0.3 is 9.64 Å². The number of carbonyl (C=O) groups is 2. The van der Waals surface area contributed by atoms with Crippen LogP contribution in [0.3, 0.4) is 0 Å². The zero-order valence-electron chi connectivity index (χ0n) is 15.0. The van der Waals surface area contributed by atoms with Crippen molar-refractivity contribution in [3.05, 3.63) is 35.9 Å². The molecule has 1 aliphatic rings. The summed E-state index contributed by atoms with van der Waals surface area (Å²) in [6.07, 6.45) is 0.434. The van der Waals surface area contributed by atoms with Gasteiger partial charge in [0.05, 0.1) is 13.7 Å². The summed E-state index contributed by atoms with van der Waals surface area (Å²) >= 11 is 0. The molecule has 1 aliphatic heterocycles. The standard InChI is InChI=1S/C18H27N3O4/c1-19(24-2)17(22)8-9-20-10-12-21(13-11-20)14-18(23)25-15-16-6-4-3-5-7-16/h3-7H,8-15H2,1-2H3. The fourth-order valence-corrected chi connectivity index (χ4v) is 2.65. The molecule has 1 saturated heterocycles. The van der Waals surface area contributed by atoms with Gasteiger partial charge in [-0.3, -0.25) is 19.3 Å². The molecule has 1 aromatic rings. The molecule has 0 spiro atoms. The van der Waals surface area contributed by atoms with Crippen molar-refractivity contribution >= 4 is 11.9 Å². The molecular formula is C18H27N3O4. The first-order chi connectivity index (χ1) is 12.1. The third kappa shape index (κ3) is 6.81. The van der Waals surface area contributed by atoms with Gasteiger partial charge in [0.2, 0.25) is 5.91 Å². The van der Waals surface area contributed by atoms with Crippen LogP contribution in [0, 0.1) is 0 Å². The van der Waals surface area contributed by atoms with E-state index in [0.717, 1.165) is 31.7 Å². The zero-order chi connectivity index (χ0) is 18.1. The van der Waals surface area contributed by atoms with Crippen molar-refractivity contribution in [3.8, 4) is 0 Å². The van der Waals surface area contributed by atoms with Crippen molar-refractivity contribution < 1.29 is 19.2 Å². The molecule has 0 N–H and O–H groups in total. The van der Waals surface area contributed by atoms with Crippen LogP contribution in [0.4, 0.5) is 0 Å². The number of rotatable bonds is 8. The monoisotopic (exact) mass is 349 g/mol. The number of hydrogen-bond donors (Lipinski definition) is 0. The predicted octanol–water partition coefficient (Wildman–Crippen LogP) is 0.757. The Kier molecular flexibility index (Phi) is 7.84. The minimum atomic E-state index is -0.200. The Morgan fingerprint density at radius 2 is 1.72 bits per heavy atom. The van der Waals surface area contributed by atoms with Crippen molar-refractivity contribution in [2.75, 3.05) is 53.4 Å². The first-order valence-electron chi connectivity index (χ1n) is 8.53. The van der Waals surface area contributed by atoms with Crippen LogP contribution in [0.1, 0.15) is 12.0 Å². The van der Waals surface area contributed by atoms with E-state index in [-0.39, 0.29) is 11.9 Å². The maximum absolute atomic E-state index is 11.9. The summed E-state index contributed by atoms with van der Waals surface area (Å²) < 4.78 is 5.32. The molecule has 0 saturated carbocycles. The SMILES string of the molecule is CON(C)C(=O)CCN1CCN(CC(=O)OCc2ccccc2)CC1. The molecule has 0 unspecified atom stereocenters. The van der Waals surface area contributed by atoms with Gasteiger partial charge in [0.1, 0.15) is 6.61 Å². The first-order valence-corrected chi connectivity index (χ1v) is 8.53. The summed E-state index contributed by atoms with van der Waals surface area (Å²) in [6, 6.07) is 9.67. The van der Waals surface area contributed by atoms with Crippen LogP contribution in [0.5, 0.6) is 0 Å². The van der Waals surface area contributed by atoms with Crippen molar-refractivity contribution in [3.63, 3.8) is 0 Å². The van der Waals surface area contributed by atoms with Crippen LogP contribution in [0.2, 0.25) is 0 Å². The third-order valence-corrected chi connectivity index (χ3v) is 4.33. The topological polar surface area (TPSA) is 62.3 Å². The van der Waals surface area contributed by atoms with Gasteiger partial charge in [-0.05, 0) is 5.56 Å². The van der Waals surface area contributed by atoms with E-state index in [1.807, 2.05) is 30.3 Å². The van der Waals surface area contributed by atoms with Crippen LogP contribution >= 0.6 is 0 Å². The first kappa shape index (κ1) is 19.4. The second-order valence-electron chi connectivity index (χ2n) is 6.09. The lowest BCUT2D eigenvalue weighted by Gasteiger charge is -2.34. The largest absolute Gasteiger partial charge is 0.460 e. The Labute approximate surface area is 149 Å². The number of benzene rings is 1. The molecule has 0 bridgehead atoms. The third-order valence-electron chi connectivity index (χ3n) is 4.33. The molecule has 2 rings (SSSR count). The van der Waals surface area contributed by atoms with Gasteiger partial charge in [-0.2, -0.15) is 0 Å². The maximum Gasteiger partial charge on any atom is 0.320 e. The van der Waals surface area contributed by atoms with E-state index >= 15 is 0 Å². The van der Waals surface area contributed by atoms with E-state index in [1.54, 1.807) is 7.05 Å². The van der Waals surface area contributed by atoms with Gasteiger partial charge in [-0.1, -0.05) is 30.3 Å². The lowest BCUT2D eigenvalue weighted by Crippen LogP contribution is -2.48. The minimum absolute atomic E-state index is 0.0329. The molecule has 138 valence electrons. The number of nitrogens with zero attached hydrogens (tertiary/aromatic N) is 3. The smallest absolute Gasteiger partial charge is 0.320 e. The Morgan fingerprint density at radius 1 is 1.08 bits per heavy atom. The number of amides is 1. The van der Waals surface area contributed by atoms with E-state index in [2.05, 4.69) is 9.80 Å². The van der Waals surface area contributed by atoms with Gasteiger partial charge in [-0.15, -0.1) is 0 Å². The van der Waals surface area contributed by atoms with Gasteiger partial charge >= 0.3 is 5.97 Å². The van der Waals surface area contributed by atoms with Crippen LogP contribution in [0.25, 0.3) is 0 Å². The Balaban J connectivity index is 1.61. The number of carbonyl (C=O) groups excluding carboxylic acids is 2. The Hall–Kier alpha value is -1.96. The molecule has 25 heavy (non-hydrogen) atoms. The van der Waals surface area contributed by atoms with E-state index in [4.69, 9.17) is 9.57 Å². The highest BCUT2D eigenvalue weighted by Gasteiger charge is 2.20. The van der Waals surface area contributed by atoms with Crippen molar-refractivity contribution in [1.82, 2.24) is 14.9 Å². The van der Waals surface area contributed by atoms with Gasteiger partial charge in [-0.25, -0.2) is 5.06 Å². The van der Waals surface area contributed by atoms with Crippen molar-refractivity contribution in [2.45, 2.75) is 13.0 Å². The molecule has 1 amide bonds. The van der Waals surface area contributed by atoms with E-state index in [1.165, 1.54) is 12.2 Å². The molecule has 1 heterocycles. The summed E-state index contributed by atoms with van der Waals surface area (Å²) in [5.74, 6) is -0.233.